The SMILES string of the molecule is CCc1ncc(-c2cc(C(=O)N3CCN(C)C(=O)C3C)c3cc(C)ccc3n2)cn1. The normalized spacial score (nSPS) is 16.9. The van der Waals surface area contributed by atoms with Crippen molar-refractivity contribution in [1.82, 2.24) is 24.8 Å². The Kier molecular flexibility index (Phi) is 5.20. The van der Waals surface area contributed by atoms with E-state index >= 15 is 0 Å². The van der Waals surface area contributed by atoms with Gasteiger partial charge in [-0.05, 0) is 32.0 Å². The van der Waals surface area contributed by atoms with Gasteiger partial charge in [0.25, 0.3) is 5.91 Å². The molecule has 1 aromatic carbocycles. The minimum absolute atomic E-state index is 0.0482. The number of amides is 2. The van der Waals surface area contributed by atoms with Crippen molar-refractivity contribution in [2.45, 2.75) is 33.2 Å². The summed E-state index contributed by atoms with van der Waals surface area (Å²) in [6.45, 7) is 6.79. The zero-order valence-corrected chi connectivity index (χ0v) is 17.7. The van der Waals surface area contributed by atoms with E-state index in [1.165, 1.54) is 0 Å². The van der Waals surface area contributed by atoms with E-state index in [4.69, 9.17) is 4.98 Å². The van der Waals surface area contributed by atoms with E-state index in [1.807, 2.05) is 32.0 Å². The summed E-state index contributed by atoms with van der Waals surface area (Å²) >= 11 is 0. The van der Waals surface area contributed by atoms with Gasteiger partial charge in [-0.25, -0.2) is 15.0 Å². The van der Waals surface area contributed by atoms with Crippen LogP contribution in [0.1, 0.15) is 35.6 Å². The molecular formula is C23H25N5O2. The van der Waals surface area contributed by atoms with Gasteiger partial charge < -0.3 is 9.80 Å². The molecule has 1 aliphatic heterocycles. The fourth-order valence-corrected chi connectivity index (χ4v) is 3.78. The number of likely N-dealkylation sites (N-methyl/N-ethyl adjacent to an activating group) is 1. The Balaban J connectivity index is 1.83. The van der Waals surface area contributed by atoms with Crippen molar-refractivity contribution in [3.8, 4) is 11.3 Å². The number of carbonyl (C=O) groups is 2. The van der Waals surface area contributed by atoms with E-state index in [9.17, 15) is 9.59 Å². The number of aromatic nitrogens is 3. The highest BCUT2D eigenvalue weighted by Crippen LogP contribution is 2.27. The maximum absolute atomic E-state index is 13.6. The van der Waals surface area contributed by atoms with Crippen LogP contribution in [-0.4, -0.2) is 62.7 Å². The van der Waals surface area contributed by atoms with Gasteiger partial charge in [0.2, 0.25) is 5.91 Å². The molecule has 1 atom stereocenters. The minimum Gasteiger partial charge on any atom is -0.342 e. The summed E-state index contributed by atoms with van der Waals surface area (Å²) in [5.74, 6) is 0.554. The maximum atomic E-state index is 13.6. The second-order valence-electron chi connectivity index (χ2n) is 7.75. The lowest BCUT2D eigenvalue weighted by atomic mass is 10.0. The van der Waals surface area contributed by atoms with Crippen molar-refractivity contribution in [1.29, 1.82) is 0 Å². The second-order valence-corrected chi connectivity index (χ2v) is 7.75. The van der Waals surface area contributed by atoms with Crippen molar-refractivity contribution in [3.05, 3.63) is 53.6 Å². The van der Waals surface area contributed by atoms with Crippen LogP contribution in [0.15, 0.2) is 36.7 Å². The highest BCUT2D eigenvalue weighted by molar-refractivity contribution is 6.08. The van der Waals surface area contributed by atoms with E-state index in [1.54, 1.807) is 42.2 Å². The number of benzene rings is 1. The Bertz CT molecular complexity index is 1130. The van der Waals surface area contributed by atoms with Crippen LogP contribution in [0.5, 0.6) is 0 Å². The minimum atomic E-state index is -0.500. The van der Waals surface area contributed by atoms with Crippen LogP contribution in [-0.2, 0) is 11.2 Å². The molecule has 2 aromatic heterocycles. The molecule has 0 saturated carbocycles. The zero-order chi connectivity index (χ0) is 21.4. The number of carbonyl (C=O) groups excluding carboxylic acids is 2. The maximum Gasteiger partial charge on any atom is 0.255 e. The van der Waals surface area contributed by atoms with Gasteiger partial charge in [0, 0.05) is 49.9 Å². The summed E-state index contributed by atoms with van der Waals surface area (Å²) < 4.78 is 0. The molecule has 154 valence electrons. The van der Waals surface area contributed by atoms with Crippen LogP contribution >= 0.6 is 0 Å². The quantitative estimate of drug-likeness (QED) is 0.672. The first-order valence-electron chi connectivity index (χ1n) is 10.2. The van der Waals surface area contributed by atoms with Crippen LogP contribution in [0, 0.1) is 6.92 Å². The van der Waals surface area contributed by atoms with Gasteiger partial charge in [-0.3, -0.25) is 9.59 Å². The molecule has 0 radical (unpaired) electrons. The predicted octanol–water partition coefficient (Wildman–Crippen LogP) is 2.87. The van der Waals surface area contributed by atoms with Gasteiger partial charge in [-0.1, -0.05) is 18.6 Å². The number of fused-ring (bicyclic) bond motifs is 1. The lowest BCUT2D eigenvalue weighted by molar-refractivity contribution is -0.137. The summed E-state index contributed by atoms with van der Waals surface area (Å²) in [6, 6.07) is 7.17. The van der Waals surface area contributed by atoms with E-state index in [0.29, 0.717) is 24.3 Å². The molecule has 2 amide bonds. The van der Waals surface area contributed by atoms with Crippen molar-refractivity contribution in [3.63, 3.8) is 0 Å². The number of hydrogen-bond donors (Lipinski definition) is 0. The molecule has 1 saturated heterocycles. The number of hydrogen-bond acceptors (Lipinski definition) is 5. The molecule has 1 unspecified atom stereocenters. The van der Waals surface area contributed by atoms with Crippen LogP contribution in [0.25, 0.3) is 22.2 Å². The van der Waals surface area contributed by atoms with Crippen LogP contribution in [0.3, 0.4) is 0 Å². The van der Waals surface area contributed by atoms with Gasteiger partial charge >= 0.3 is 0 Å². The second kappa shape index (κ2) is 7.82. The fourth-order valence-electron chi connectivity index (χ4n) is 3.78. The van der Waals surface area contributed by atoms with Gasteiger partial charge in [0.05, 0.1) is 16.8 Å². The van der Waals surface area contributed by atoms with E-state index in [-0.39, 0.29) is 11.8 Å². The van der Waals surface area contributed by atoms with Crippen molar-refractivity contribution < 1.29 is 9.59 Å². The Morgan fingerprint density at radius 1 is 1.17 bits per heavy atom. The smallest absolute Gasteiger partial charge is 0.255 e. The van der Waals surface area contributed by atoms with Gasteiger partial charge in [-0.15, -0.1) is 0 Å². The molecule has 30 heavy (non-hydrogen) atoms. The fraction of sp³-hybridized carbons (Fsp3) is 0.348. The highest BCUT2D eigenvalue weighted by atomic mass is 16.2. The van der Waals surface area contributed by atoms with E-state index < -0.39 is 6.04 Å². The topological polar surface area (TPSA) is 79.3 Å². The first-order valence-corrected chi connectivity index (χ1v) is 10.2. The molecule has 3 heterocycles. The van der Waals surface area contributed by atoms with E-state index in [0.717, 1.165) is 34.3 Å². The molecule has 0 aliphatic carbocycles. The first-order chi connectivity index (χ1) is 14.4. The van der Waals surface area contributed by atoms with Gasteiger partial charge in [-0.2, -0.15) is 0 Å². The molecule has 7 nitrogen and oxygen atoms in total. The summed E-state index contributed by atoms with van der Waals surface area (Å²) in [7, 11) is 1.77. The first kappa shape index (κ1) is 19.9. The average Bonchev–Trinajstić information content (AvgIpc) is 2.76. The van der Waals surface area contributed by atoms with Crippen LogP contribution in [0.2, 0.25) is 0 Å². The molecule has 4 rings (SSSR count). The standard InChI is InChI=1S/C23H25N5O2/c1-5-21-24-12-16(13-25-21)20-11-18(17-10-14(2)6-7-19(17)26-20)23(30)28-9-8-27(4)22(29)15(28)3/h6-7,10-13,15H,5,8-9H2,1-4H3. The number of aryl methyl sites for hydroxylation is 2. The largest absolute Gasteiger partial charge is 0.342 e. The molecule has 3 aromatic rings. The Hall–Kier alpha value is -3.35. The molecule has 0 N–H and O–H groups in total. The summed E-state index contributed by atoms with van der Waals surface area (Å²) in [5, 5.41) is 0.786. The number of nitrogens with zero attached hydrogens (tertiary/aromatic N) is 5. The van der Waals surface area contributed by atoms with Crippen molar-refractivity contribution in [2.75, 3.05) is 20.1 Å². The monoisotopic (exact) mass is 403 g/mol. The Labute approximate surface area is 175 Å². The third-order valence-corrected chi connectivity index (χ3v) is 5.65. The number of rotatable bonds is 3. The molecular weight excluding hydrogens is 378 g/mol. The zero-order valence-electron chi connectivity index (χ0n) is 17.7. The Morgan fingerprint density at radius 3 is 2.60 bits per heavy atom. The number of pyridine rings is 1. The molecule has 7 heteroatoms. The van der Waals surface area contributed by atoms with Gasteiger partial charge in [0.15, 0.2) is 0 Å². The van der Waals surface area contributed by atoms with Gasteiger partial charge in [0.1, 0.15) is 11.9 Å². The summed E-state index contributed by atoms with van der Waals surface area (Å²) in [6.07, 6.45) is 4.23. The van der Waals surface area contributed by atoms with E-state index in [2.05, 4.69) is 9.97 Å². The molecule has 1 fully saturated rings. The predicted molar refractivity (Wildman–Crippen MR) is 115 cm³/mol. The Morgan fingerprint density at radius 2 is 1.90 bits per heavy atom. The third kappa shape index (κ3) is 3.51. The summed E-state index contributed by atoms with van der Waals surface area (Å²) in [5.41, 5.74) is 3.72. The van der Waals surface area contributed by atoms with Crippen molar-refractivity contribution >= 4 is 22.7 Å². The van der Waals surface area contributed by atoms with Crippen LogP contribution in [0.4, 0.5) is 0 Å². The molecule has 0 spiro atoms. The number of piperazine rings is 1. The van der Waals surface area contributed by atoms with Crippen LogP contribution < -0.4 is 0 Å². The average molecular weight is 403 g/mol. The lowest BCUT2D eigenvalue weighted by Gasteiger charge is -2.37. The van der Waals surface area contributed by atoms with Crippen molar-refractivity contribution in [2.24, 2.45) is 0 Å². The molecule has 1 aliphatic rings. The molecule has 0 bridgehead atoms. The third-order valence-electron chi connectivity index (χ3n) is 5.65. The highest BCUT2D eigenvalue weighted by Gasteiger charge is 2.33. The summed E-state index contributed by atoms with van der Waals surface area (Å²) in [4.78, 5) is 42.8. The lowest BCUT2D eigenvalue weighted by Crippen LogP contribution is -2.56.